The molecule has 1 aliphatic rings. The summed E-state index contributed by atoms with van der Waals surface area (Å²) in [5.41, 5.74) is 6.11. The standard InChI is InChI=1S/C34H28N4O3/c1-20-7-9-21(10-8-20)30-28(32(40)35-2)26-18-25(29-24(11-16-36-29)31(26)41-30)22-5-3-6-23(17-22)27(39)19-34(12-13-34)33-37-14-4-15-38-33/h3-11,14-18,36H,12-13,19H2,1-2H3,(H,35,40). The van der Waals surface area contributed by atoms with Crippen molar-refractivity contribution in [3.05, 3.63) is 108 Å². The first-order valence-electron chi connectivity index (χ1n) is 13.7. The number of hydrogen-bond acceptors (Lipinski definition) is 5. The molecule has 7 heteroatoms. The molecule has 3 heterocycles. The van der Waals surface area contributed by atoms with Crippen LogP contribution in [0.3, 0.4) is 0 Å². The van der Waals surface area contributed by atoms with Gasteiger partial charge in [0.05, 0.1) is 11.1 Å². The van der Waals surface area contributed by atoms with E-state index in [1.54, 1.807) is 25.5 Å². The monoisotopic (exact) mass is 540 g/mol. The van der Waals surface area contributed by atoms with Crippen molar-refractivity contribution in [1.29, 1.82) is 0 Å². The number of amides is 1. The van der Waals surface area contributed by atoms with Crippen molar-refractivity contribution in [3.63, 3.8) is 0 Å². The molecule has 6 aromatic rings. The van der Waals surface area contributed by atoms with Gasteiger partial charge in [0, 0.05) is 64.9 Å². The Labute approximate surface area is 236 Å². The Kier molecular flexibility index (Phi) is 5.82. The molecule has 7 rings (SSSR count). The average Bonchev–Trinajstić information content (AvgIpc) is 3.44. The summed E-state index contributed by atoms with van der Waals surface area (Å²) in [6.07, 6.45) is 7.53. The fraction of sp³-hybridized carbons (Fsp3) is 0.176. The Balaban J connectivity index is 1.34. The Morgan fingerprint density at radius 2 is 1.73 bits per heavy atom. The lowest BCUT2D eigenvalue weighted by Gasteiger charge is -2.13. The third-order valence-corrected chi connectivity index (χ3v) is 8.15. The van der Waals surface area contributed by atoms with Crippen molar-refractivity contribution in [2.24, 2.45) is 0 Å². The fourth-order valence-corrected chi connectivity index (χ4v) is 5.74. The highest BCUT2D eigenvalue weighted by molar-refractivity contribution is 6.19. The van der Waals surface area contributed by atoms with Crippen LogP contribution in [0.15, 0.2) is 89.7 Å². The molecule has 0 unspecified atom stereocenters. The molecule has 7 nitrogen and oxygen atoms in total. The van der Waals surface area contributed by atoms with Crippen LogP contribution >= 0.6 is 0 Å². The predicted octanol–water partition coefficient (Wildman–Crippen LogP) is 7.01. The van der Waals surface area contributed by atoms with Gasteiger partial charge in [0.2, 0.25) is 0 Å². The lowest BCUT2D eigenvalue weighted by atomic mass is 9.92. The molecule has 0 bridgehead atoms. The van der Waals surface area contributed by atoms with Gasteiger partial charge in [-0.05, 0) is 49.6 Å². The van der Waals surface area contributed by atoms with Crippen LogP contribution in [0.2, 0.25) is 0 Å². The predicted molar refractivity (Wildman–Crippen MR) is 159 cm³/mol. The third-order valence-electron chi connectivity index (χ3n) is 8.15. The van der Waals surface area contributed by atoms with E-state index in [1.807, 2.05) is 73.8 Å². The maximum absolute atomic E-state index is 13.5. The molecule has 0 radical (unpaired) electrons. The number of carbonyl (C=O) groups excluding carboxylic acids is 2. The molecule has 1 amide bonds. The number of benzene rings is 3. The summed E-state index contributed by atoms with van der Waals surface area (Å²) in [6.45, 7) is 2.02. The topological polar surface area (TPSA) is 101 Å². The highest BCUT2D eigenvalue weighted by Gasteiger charge is 2.48. The van der Waals surface area contributed by atoms with Crippen molar-refractivity contribution in [1.82, 2.24) is 20.3 Å². The van der Waals surface area contributed by atoms with Gasteiger partial charge in [-0.25, -0.2) is 9.97 Å². The van der Waals surface area contributed by atoms with E-state index in [9.17, 15) is 9.59 Å². The first-order valence-corrected chi connectivity index (χ1v) is 13.7. The summed E-state index contributed by atoms with van der Waals surface area (Å²) >= 11 is 0. The number of ketones is 1. The zero-order valence-corrected chi connectivity index (χ0v) is 22.8. The van der Waals surface area contributed by atoms with Crippen LogP contribution in [0, 0.1) is 6.92 Å². The first-order chi connectivity index (χ1) is 20.0. The van der Waals surface area contributed by atoms with Crippen LogP contribution in [0.4, 0.5) is 0 Å². The molecular formula is C34H28N4O3. The second-order valence-electron chi connectivity index (χ2n) is 10.9. The number of hydrogen-bond donors (Lipinski definition) is 2. The molecule has 3 aromatic heterocycles. The number of aromatic nitrogens is 3. The van der Waals surface area contributed by atoms with Gasteiger partial charge in [-0.2, -0.15) is 0 Å². The largest absolute Gasteiger partial charge is 0.454 e. The number of aromatic amines is 1. The summed E-state index contributed by atoms with van der Waals surface area (Å²) in [5, 5.41) is 4.38. The van der Waals surface area contributed by atoms with E-state index in [-0.39, 0.29) is 17.1 Å². The zero-order chi connectivity index (χ0) is 28.1. The van der Waals surface area contributed by atoms with E-state index in [0.29, 0.717) is 28.9 Å². The summed E-state index contributed by atoms with van der Waals surface area (Å²) in [4.78, 5) is 39.0. The number of rotatable bonds is 7. The number of nitrogens with zero attached hydrogens (tertiary/aromatic N) is 2. The minimum atomic E-state index is -0.272. The minimum absolute atomic E-state index is 0.0663. The molecule has 0 spiro atoms. The van der Waals surface area contributed by atoms with Crippen molar-refractivity contribution in [3.8, 4) is 22.5 Å². The molecule has 41 heavy (non-hydrogen) atoms. The minimum Gasteiger partial charge on any atom is -0.454 e. The van der Waals surface area contributed by atoms with Crippen molar-refractivity contribution < 1.29 is 14.0 Å². The van der Waals surface area contributed by atoms with Gasteiger partial charge in [0.15, 0.2) is 5.78 Å². The molecule has 1 aliphatic carbocycles. The maximum Gasteiger partial charge on any atom is 0.255 e. The van der Waals surface area contributed by atoms with Crippen LogP contribution in [0.5, 0.6) is 0 Å². The van der Waals surface area contributed by atoms with Crippen LogP contribution in [-0.4, -0.2) is 33.7 Å². The van der Waals surface area contributed by atoms with E-state index in [0.717, 1.165) is 57.2 Å². The smallest absolute Gasteiger partial charge is 0.255 e. The summed E-state index contributed by atoms with van der Waals surface area (Å²) in [5.74, 6) is 1.12. The van der Waals surface area contributed by atoms with Gasteiger partial charge in [0.25, 0.3) is 5.91 Å². The van der Waals surface area contributed by atoms with E-state index in [4.69, 9.17) is 4.42 Å². The number of nitrogens with one attached hydrogen (secondary N) is 2. The van der Waals surface area contributed by atoms with Gasteiger partial charge < -0.3 is 14.7 Å². The number of fused-ring (bicyclic) bond motifs is 3. The summed E-state index contributed by atoms with van der Waals surface area (Å²) < 4.78 is 6.43. The molecule has 3 aromatic carbocycles. The Hall–Kier alpha value is -5.04. The average molecular weight is 541 g/mol. The van der Waals surface area contributed by atoms with E-state index < -0.39 is 0 Å². The SMILES string of the molecule is CNC(=O)c1c(-c2ccc(C)cc2)oc2c1cc(-c1cccc(C(=O)CC3(c4ncccn4)CC3)c1)c1[nH]ccc12. The molecule has 1 fully saturated rings. The van der Waals surface area contributed by atoms with Gasteiger partial charge in [-0.3, -0.25) is 9.59 Å². The molecule has 0 atom stereocenters. The van der Waals surface area contributed by atoms with E-state index in [1.165, 1.54) is 0 Å². The third kappa shape index (κ3) is 4.21. The Morgan fingerprint density at radius 1 is 0.951 bits per heavy atom. The molecule has 1 saturated carbocycles. The summed E-state index contributed by atoms with van der Waals surface area (Å²) in [6, 6.07) is 21.4. The molecular weight excluding hydrogens is 512 g/mol. The number of H-pyrrole nitrogens is 1. The molecule has 0 aliphatic heterocycles. The second-order valence-corrected chi connectivity index (χ2v) is 10.9. The highest BCUT2D eigenvalue weighted by atomic mass is 16.3. The van der Waals surface area contributed by atoms with E-state index >= 15 is 0 Å². The maximum atomic E-state index is 13.5. The van der Waals surface area contributed by atoms with Crippen molar-refractivity contribution in [2.45, 2.75) is 31.6 Å². The van der Waals surface area contributed by atoms with Crippen LogP contribution in [-0.2, 0) is 5.41 Å². The van der Waals surface area contributed by atoms with Crippen molar-refractivity contribution >= 4 is 33.6 Å². The van der Waals surface area contributed by atoms with Gasteiger partial charge in [-0.1, -0.05) is 48.0 Å². The highest BCUT2D eigenvalue weighted by Crippen LogP contribution is 2.50. The number of Topliss-reactive ketones (excluding diaryl/α,β-unsaturated/α-hetero) is 1. The lowest BCUT2D eigenvalue weighted by molar-refractivity contribution is 0.0958. The van der Waals surface area contributed by atoms with E-state index in [2.05, 4.69) is 20.3 Å². The van der Waals surface area contributed by atoms with Gasteiger partial charge in [0.1, 0.15) is 17.2 Å². The van der Waals surface area contributed by atoms with Crippen LogP contribution < -0.4 is 5.32 Å². The number of aryl methyl sites for hydroxylation is 1. The normalized spacial score (nSPS) is 13.9. The summed E-state index contributed by atoms with van der Waals surface area (Å²) in [7, 11) is 1.62. The number of furan rings is 1. The van der Waals surface area contributed by atoms with Crippen molar-refractivity contribution in [2.75, 3.05) is 7.05 Å². The van der Waals surface area contributed by atoms with Crippen LogP contribution in [0.1, 0.15) is 51.4 Å². The quantitative estimate of drug-likeness (QED) is 0.212. The zero-order valence-electron chi connectivity index (χ0n) is 22.8. The molecule has 0 saturated heterocycles. The first kappa shape index (κ1) is 25.0. The second kappa shape index (κ2) is 9.55. The number of carbonyl (C=O) groups is 2. The Morgan fingerprint density at radius 3 is 2.46 bits per heavy atom. The molecule has 202 valence electrons. The van der Waals surface area contributed by atoms with Crippen LogP contribution in [0.25, 0.3) is 44.3 Å². The van der Waals surface area contributed by atoms with Gasteiger partial charge in [-0.15, -0.1) is 0 Å². The van der Waals surface area contributed by atoms with Gasteiger partial charge >= 0.3 is 0 Å². The Bertz CT molecular complexity index is 1950. The lowest BCUT2D eigenvalue weighted by Crippen LogP contribution is -2.18. The fourth-order valence-electron chi connectivity index (χ4n) is 5.74. The molecule has 2 N–H and O–H groups in total.